The highest BCUT2D eigenvalue weighted by molar-refractivity contribution is 5.81. The summed E-state index contributed by atoms with van der Waals surface area (Å²) >= 11 is 0. The van der Waals surface area contributed by atoms with Crippen LogP contribution in [0.15, 0.2) is 36.4 Å². The minimum atomic E-state index is -0.505. The van der Waals surface area contributed by atoms with E-state index in [4.69, 9.17) is 4.74 Å². The molecule has 1 aliphatic carbocycles. The number of nitrogens with zero attached hydrogens (tertiary/aromatic N) is 1. The summed E-state index contributed by atoms with van der Waals surface area (Å²) in [5.41, 5.74) is 2.05. The second kappa shape index (κ2) is 11.2. The molecule has 30 heavy (non-hydrogen) atoms. The SMILES string of the molecule is CC(C)(C)OC(=O)NC1CCC(C(=O)N2CC=C(c3ccccc3)CC2)C1.CCC. The van der Waals surface area contributed by atoms with Gasteiger partial charge >= 0.3 is 6.09 Å². The molecule has 1 aromatic carbocycles. The zero-order valence-corrected chi connectivity index (χ0v) is 19.2. The van der Waals surface area contributed by atoms with Crippen LogP contribution < -0.4 is 5.32 Å². The second-order valence-corrected chi connectivity index (χ2v) is 9.19. The van der Waals surface area contributed by atoms with Gasteiger partial charge in [-0.15, -0.1) is 0 Å². The first-order chi connectivity index (χ1) is 14.2. The Morgan fingerprint density at radius 2 is 1.80 bits per heavy atom. The molecular formula is C25H38N2O3. The first-order valence-corrected chi connectivity index (χ1v) is 11.3. The van der Waals surface area contributed by atoms with Gasteiger partial charge in [0, 0.05) is 25.0 Å². The van der Waals surface area contributed by atoms with Gasteiger partial charge in [-0.2, -0.15) is 0 Å². The quantitative estimate of drug-likeness (QED) is 0.719. The van der Waals surface area contributed by atoms with E-state index in [9.17, 15) is 9.59 Å². The second-order valence-electron chi connectivity index (χ2n) is 9.19. The van der Waals surface area contributed by atoms with E-state index >= 15 is 0 Å². The van der Waals surface area contributed by atoms with E-state index in [1.54, 1.807) is 0 Å². The molecule has 166 valence electrons. The van der Waals surface area contributed by atoms with E-state index in [0.717, 1.165) is 25.8 Å². The third-order valence-corrected chi connectivity index (χ3v) is 5.17. The fourth-order valence-corrected chi connectivity index (χ4v) is 3.85. The minimum absolute atomic E-state index is 0.00314. The van der Waals surface area contributed by atoms with Crippen molar-refractivity contribution in [1.82, 2.24) is 10.2 Å². The van der Waals surface area contributed by atoms with Crippen molar-refractivity contribution >= 4 is 17.6 Å². The van der Waals surface area contributed by atoms with Crippen LogP contribution >= 0.6 is 0 Å². The van der Waals surface area contributed by atoms with Crippen LogP contribution in [0.2, 0.25) is 0 Å². The Labute approximate surface area is 181 Å². The first-order valence-electron chi connectivity index (χ1n) is 11.3. The summed E-state index contributed by atoms with van der Waals surface area (Å²) in [5.74, 6) is 0.212. The molecule has 0 radical (unpaired) electrons. The lowest BCUT2D eigenvalue weighted by Gasteiger charge is -2.29. The van der Waals surface area contributed by atoms with Gasteiger partial charge in [0.05, 0.1) is 0 Å². The van der Waals surface area contributed by atoms with Gasteiger partial charge in [0.2, 0.25) is 5.91 Å². The van der Waals surface area contributed by atoms with Gasteiger partial charge in [-0.3, -0.25) is 4.79 Å². The molecule has 1 saturated carbocycles. The van der Waals surface area contributed by atoms with Crippen molar-refractivity contribution in [2.24, 2.45) is 5.92 Å². The van der Waals surface area contributed by atoms with Crippen molar-refractivity contribution in [2.75, 3.05) is 13.1 Å². The van der Waals surface area contributed by atoms with Gasteiger partial charge in [-0.05, 0) is 57.6 Å². The molecule has 3 rings (SSSR count). The smallest absolute Gasteiger partial charge is 0.407 e. The zero-order chi connectivity index (χ0) is 22.1. The number of nitrogens with one attached hydrogen (secondary N) is 1. The average Bonchev–Trinajstić information content (AvgIpc) is 3.15. The maximum absolute atomic E-state index is 12.9. The largest absolute Gasteiger partial charge is 0.444 e. The molecule has 5 heteroatoms. The molecule has 0 spiro atoms. The van der Waals surface area contributed by atoms with Crippen molar-refractivity contribution in [3.05, 3.63) is 42.0 Å². The van der Waals surface area contributed by atoms with Crippen LogP contribution in [-0.2, 0) is 9.53 Å². The van der Waals surface area contributed by atoms with E-state index in [2.05, 4.69) is 37.4 Å². The van der Waals surface area contributed by atoms with Crippen LogP contribution in [0.4, 0.5) is 4.79 Å². The van der Waals surface area contributed by atoms with Crippen LogP contribution in [-0.4, -0.2) is 41.6 Å². The molecule has 0 bridgehead atoms. The van der Waals surface area contributed by atoms with Gasteiger partial charge in [0.1, 0.15) is 5.60 Å². The van der Waals surface area contributed by atoms with Crippen molar-refractivity contribution in [2.45, 2.75) is 78.4 Å². The Balaban J connectivity index is 0.00000101. The van der Waals surface area contributed by atoms with Crippen LogP contribution in [0.5, 0.6) is 0 Å². The van der Waals surface area contributed by atoms with Crippen molar-refractivity contribution < 1.29 is 14.3 Å². The van der Waals surface area contributed by atoms with Crippen LogP contribution in [0.1, 0.15) is 72.3 Å². The van der Waals surface area contributed by atoms with Gasteiger partial charge in [0.25, 0.3) is 0 Å². The summed E-state index contributed by atoms with van der Waals surface area (Å²) in [5, 5.41) is 2.91. The lowest BCUT2D eigenvalue weighted by Crippen LogP contribution is -2.40. The Bertz CT molecular complexity index is 722. The molecule has 2 unspecified atom stereocenters. The standard InChI is InChI=1S/C22H30N2O3.C3H8/c1-22(2,3)27-21(26)23-19-10-9-18(15-19)20(25)24-13-11-17(12-14-24)16-7-5-4-6-8-16;1-3-2/h4-8,11,18-19H,9-10,12-15H2,1-3H3,(H,23,26);3H2,1-2H3. The number of ether oxygens (including phenoxy) is 1. The number of benzene rings is 1. The molecule has 5 nitrogen and oxygen atoms in total. The summed E-state index contributed by atoms with van der Waals surface area (Å²) in [7, 11) is 0. The molecule has 0 aromatic heterocycles. The molecule has 1 N–H and O–H groups in total. The van der Waals surface area contributed by atoms with Gasteiger partial charge in [-0.25, -0.2) is 4.79 Å². The summed E-state index contributed by atoms with van der Waals surface area (Å²) < 4.78 is 5.31. The molecule has 1 heterocycles. The fraction of sp³-hybridized carbons (Fsp3) is 0.600. The van der Waals surface area contributed by atoms with Gasteiger partial charge in [0.15, 0.2) is 0 Å². The van der Waals surface area contributed by atoms with Crippen LogP contribution in [0.25, 0.3) is 5.57 Å². The van der Waals surface area contributed by atoms with E-state index in [0.29, 0.717) is 13.0 Å². The third-order valence-electron chi connectivity index (χ3n) is 5.17. The van der Waals surface area contributed by atoms with E-state index in [1.807, 2.05) is 43.9 Å². The number of alkyl carbamates (subject to hydrolysis) is 1. The minimum Gasteiger partial charge on any atom is -0.444 e. The summed E-state index contributed by atoms with van der Waals surface area (Å²) in [4.78, 5) is 26.7. The summed E-state index contributed by atoms with van der Waals surface area (Å²) in [6.45, 7) is 11.2. The number of hydrogen-bond acceptors (Lipinski definition) is 3. The third kappa shape index (κ3) is 7.51. The van der Waals surface area contributed by atoms with E-state index in [-0.39, 0.29) is 17.9 Å². The predicted octanol–water partition coefficient (Wildman–Crippen LogP) is 5.41. The predicted molar refractivity (Wildman–Crippen MR) is 122 cm³/mol. The average molecular weight is 415 g/mol. The number of hydrogen-bond donors (Lipinski definition) is 1. The molecule has 2 atom stereocenters. The van der Waals surface area contributed by atoms with Crippen LogP contribution in [0.3, 0.4) is 0 Å². The molecule has 1 aliphatic heterocycles. The number of carbonyl (C=O) groups is 2. The molecule has 1 aromatic rings. The van der Waals surface area contributed by atoms with Crippen LogP contribution in [0, 0.1) is 5.92 Å². The normalized spacial score (nSPS) is 21.2. The van der Waals surface area contributed by atoms with Crippen molar-refractivity contribution in [1.29, 1.82) is 0 Å². The van der Waals surface area contributed by atoms with Gasteiger partial charge < -0.3 is 15.0 Å². The molecule has 2 aliphatic rings. The van der Waals surface area contributed by atoms with E-state index in [1.165, 1.54) is 17.6 Å². The van der Waals surface area contributed by atoms with Crippen molar-refractivity contribution in [3.8, 4) is 0 Å². The summed E-state index contributed by atoms with van der Waals surface area (Å²) in [6.07, 6.45) is 6.27. The first kappa shape index (κ1) is 24.0. The lowest BCUT2D eigenvalue weighted by atomic mass is 9.98. The van der Waals surface area contributed by atoms with E-state index < -0.39 is 11.7 Å². The Kier molecular flexibility index (Phi) is 8.94. The summed E-state index contributed by atoms with van der Waals surface area (Å²) in [6, 6.07) is 10.4. The maximum Gasteiger partial charge on any atom is 0.407 e. The lowest BCUT2D eigenvalue weighted by molar-refractivity contribution is -0.134. The highest BCUT2D eigenvalue weighted by Crippen LogP contribution is 2.30. The highest BCUT2D eigenvalue weighted by Gasteiger charge is 2.34. The molecular weight excluding hydrogens is 376 g/mol. The highest BCUT2D eigenvalue weighted by atomic mass is 16.6. The Morgan fingerprint density at radius 1 is 1.13 bits per heavy atom. The Morgan fingerprint density at radius 3 is 2.37 bits per heavy atom. The molecule has 1 fully saturated rings. The number of amides is 2. The zero-order valence-electron chi connectivity index (χ0n) is 19.2. The maximum atomic E-state index is 12.9. The number of rotatable bonds is 3. The van der Waals surface area contributed by atoms with Crippen molar-refractivity contribution in [3.63, 3.8) is 0 Å². The topological polar surface area (TPSA) is 58.6 Å². The Hall–Kier alpha value is -2.30. The molecule has 2 amide bonds. The number of carbonyl (C=O) groups excluding carboxylic acids is 2. The fourth-order valence-electron chi connectivity index (χ4n) is 3.85. The molecule has 0 saturated heterocycles. The monoisotopic (exact) mass is 414 g/mol. The van der Waals surface area contributed by atoms with Gasteiger partial charge in [-0.1, -0.05) is 56.7 Å².